The number of nitrogens with one attached hydrogen (secondary N) is 1. The topological polar surface area (TPSA) is 103 Å². The molecule has 0 spiro atoms. The van der Waals surface area contributed by atoms with Crippen LogP contribution in [0.2, 0.25) is 0 Å². The number of nitrogen functional groups attached to an aromatic ring is 1. The molecule has 0 saturated carbocycles. The van der Waals surface area contributed by atoms with Crippen molar-refractivity contribution < 1.29 is 13.9 Å². The van der Waals surface area contributed by atoms with Crippen molar-refractivity contribution >= 4 is 22.8 Å². The molecule has 0 radical (unpaired) electrons. The number of methoxy groups -OCH3 is 1. The molecule has 0 aliphatic heterocycles. The van der Waals surface area contributed by atoms with Gasteiger partial charge in [-0.15, -0.1) is 0 Å². The first-order valence-corrected chi connectivity index (χ1v) is 8.62. The number of furan rings is 1. The van der Waals surface area contributed by atoms with E-state index in [1.807, 2.05) is 36.4 Å². The molecule has 4 rings (SSSR count). The fourth-order valence-electron chi connectivity index (χ4n) is 3.11. The van der Waals surface area contributed by atoms with Crippen LogP contribution < -0.4 is 15.8 Å². The largest absolute Gasteiger partial charge is 0.497 e. The third-order valence-corrected chi connectivity index (χ3v) is 4.53. The van der Waals surface area contributed by atoms with E-state index < -0.39 is 0 Å². The smallest absolute Gasteiger partial charge is 0.251 e. The molecule has 7 heteroatoms. The minimum absolute atomic E-state index is 0.151. The van der Waals surface area contributed by atoms with Gasteiger partial charge in [0.15, 0.2) is 0 Å². The van der Waals surface area contributed by atoms with Crippen LogP contribution in [0.15, 0.2) is 59.3 Å². The monoisotopic (exact) mass is 374 g/mol. The Kier molecular flexibility index (Phi) is 4.41. The number of amides is 1. The van der Waals surface area contributed by atoms with Crippen molar-refractivity contribution in [2.75, 3.05) is 19.9 Å². The summed E-state index contributed by atoms with van der Waals surface area (Å²) < 4.78 is 11.3. The van der Waals surface area contributed by atoms with E-state index >= 15 is 0 Å². The highest BCUT2D eigenvalue weighted by molar-refractivity contribution is 6.05. The average Bonchev–Trinajstić information content (AvgIpc) is 3.14. The van der Waals surface area contributed by atoms with Crippen LogP contribution in [-0.4, -0.2) is 30.0 Å². The van der Waals surface area contributed by atoms with Gasteiger partial charge in [0.05, 0.1) is 12.5 Å². The molecule has 0 saturated heterocycles. The lowest BCUT2D eigenvalue weighted by molar-refractivity contribution is 0.0963. The Bertz CT molecular complexity index is 1150. The van der Waals surface area contributed by atoms with Crippen molar-refractivity contribution in [1.29, 1.82) is 0 Å². The zero-order valence-electron chi connectivity index (χ0n) is 15.4. The third kappa shape index (κ3) is 2.92. The number of aromatic nitrogens is 2. The van der Waals surface area contributed by atoms with Crippen molar-refractivity contribution in [2.24, 2.45) is 0 Å². The highest BCUT2D eigenvalue weighted by Crippen LogP contribution is 2.42. The number of carbonyl (C=O) groups is 1. The summed E-state index contributed by atoms with van der Waals surface area (Å²) in [6.45, 7) is 0. The van der Waals surface area contributed by atoms with E-state index in [0.29, 0.717) is 28.2 Å². The molecule has 0 fully saturated rings. The van der Waals surface area contributed by atoms with Gasteiger partial charge < -0.3 is 20.2 Å². The molecule has 0 bridgehead atoms. The second-order valence-electron chi connectivity index (χ2n) is 6.13. The van der Waals surface area contributed by atoms with Gasteiger partial charge in [-0.1, -0.05) is 24.3 Å². The van der Waals surface area contributed by atoms with E-state index in [1.54, 1.807) is 26.3 Å². The van der Waals surface area contributed by atoms with Gasteiger partial charge in [0.2, 0.25) is 5.71 Å². The van der Waals surface area contributed by atoms with E-state index in [1.165, 1.54) is 6.33 Å². The summed E-state index contributed by atoms with van der Waals surface area (Å²) in [5.41, 5.74) is 9.60. The lowest BCUT2D eigenvalue weighted by atomic mass is 9.98. The number of nitrogens with zero attached hydrogens (tertiary/aromatic N) is 2. The molecule has 0 aliphatic carbocycles. The summed E-state index contributed by atoms with van der Waals surface area (Å²) in [7, 11) is 3.21. The first-order chi connectivity index (χ1) is 13.6. The van der Waals surface area contributed by atoms with Crippen LogP contribution in [0.25, 0.3) is 33.6 Å². The van der Waals surface area contributed by atoms with Gasteiger partial charge in [-0.3, -0.25) is 4.79 Å². The van der Waals surface area contributed by atoms with E-state index in [0.717, 1.165) is 22.4 Å². The van der Waals surface area contributed by atoms with Gasteiger partial charge in [0.1, 0.15) is 23.7 Å². The summed E-state index contributed by atoms with van der Waals surface area (Å²) in [6, 6.07) is 14.7. The van der Waals surface area contributed by atoms with E-state index in [2.05, 4.69) is 15.3 Å². The molecule has 3 N–H and O–H groups in total. The quantitative estimate of drug-likeness (QED) is 0.567. The first-order valence-electron chi connectivity index (χ1n) is 8.62. The van der Waals surface area contributed by atoms with Crippen molar-refractivity contribution in [3.05, 3.63) is 60.4 Å². The molecule has 0 atom stereocenters. The SMILES string of the molecule is CNC(=O)c1ccc(-c2oc3ncnc(N)c3c2-c2ccc(OC)cc2)cc1. The Hall–Kier alpha value is -3.87. The Morgan fingerprint density at radius 2 is 1.71 bits per heavy atom. The predicted molar refractivity (Wildman–Crippen MR) is 107 cm³/mol. The zero-order chi connectivity index (χ0) is 19.7. The van der Waals surface area contributed by atoms with Gasteiger partial charge >= 0.3 is 0 Å². The van der Waals surface area contributed by atoms with Gasteiger partial charge in [-0.2, -0.15) is 0 Å². The van der Waals surface area contributed by atoms with Crippen LogP contribution in [-0.2, 0) is 0 Å². The molecule has 4 aromatic rings. The van der Waals surface area contributed by atoms with Crippen molar-refractivity contribution in [3.63, 3.8) is 0 Å². The molecule has 0 unspecified atom stereocenters. The van der Waals surface area contributed by atoms with Crippen LogP contribution in [0, 0.1) is 0 Å². The van der Waals surface area contributed by atoms with Crippen LogP contribution in [0.4, 0.5) is 5.82 Å². The summed E-state index contributed by atoms with van der Waals surface area (Å²) in [5.74, 6) is 1.54. The summed E-state index contributed by atoms with van der Waals surface area (Å²) >= 11 is 0. The lowest BCUT2D eigenvalue weighted by Gasteiger charge is -2.07. The Morgan fingerprint density at radius 1 is 1.04 bits per heavy atom. The van der Waals surface area contributed by atoms with Crippen LogP contribution >= 0.6 is 0 Å². The molecule has 2 aromatic carbocycles. The number of anilines is 1. The lowest BCUT2D eigenvalue weighted by Crippen LogP contribution is -2.17. The average molecular weight is 374 g/mol. The number of rotatable bonds is 4. The van der Waals surface area contributed by atoms with Crippen LogP contribution in [0.3, 0.4) is 0 Å². The summed E-state index contributed by atoms with van der Waals surface area (Å²) in [6.07, 6.45) is 1.37. The molecule has 28 heavy (non-hydrogen) atoms. The number of benzene rings is 2. The van der Waals surface area contributed by atoms with Gasteiger partial charge in [-0.05, 0) is 29.8 Å². The third-order valence-electron chi connectivity index (χ3n) is 4.53. The maximum absolute atomic E-state index is 11.8. The summed E-state index contributed by atoms with van der Waals surface area (Å²) in [4.78, 5) is 20.1. The molecule has 2 heterocycles. The number of hydrogen-bond donors (Lipinski definition) is 2. The number of fused-ring (bicyclic) bond motifs is 1. The molecule has 140 valence electrons. The molecule has 0 aliphatic rings. The second-order valence-corrected chi connectivity index (χ2v) is 6.13. The van der Waals surface area contributed by atoms with E-state index in [9.17, 15) is 4.79 Å². The van der Waals surface area contributed by atoms with Crippen molar-refractivity contribution in [1.82, 2.24) is 15.3 Å². The molecule has 1 amide bonds. The maximum atomic E-state index is 11.8. The first kappa shape index (κ1) is 17.5. The van der Waals surface area contributed by atoms with Crippen molar-refractivity contribution in [2.45, 2.75) is 0 Å². The normalized spacial score (nSPS) is 10.8. The second kappa shape index (κ2) is 7.03. The van der Waals surface area contributed by atoms with Gasteiger partial charge in [0, 0.05) is 23.7 Å². The van der Waals surface area contributed by atoms with Gasteiger partial charge in [0.25, 0.3) is 5.91 Å². The van der Waals surface area contributed by atoms with E-state index in [4.69, 9.17) is 14.9 Å². The Balaban J connectivity index is 1.93. The standard InChI is InChI=1S/C21H18N4O3/c1-23-20(26)14-5-3-13(4-6-14)18-16(12-7-9-15(27-2)10-8-12)17-19(22)24-11-25-21(17)28-18/h3-11H,1-2H3,(H,23,26)(H2,22,24,25). The Labute approximate surface area is 161 Å². The molecular weight excluding hydrogens is 356 g/mol. The maximum Gasteiger partial charge on any atom is 0.251 e. The predicted octanol–water partition coefficient (Wildman–Crippen LogP) is 3.51. The molecular formula is C21H18N4O3. The fourth-order valence-corrected chi connectivity index (χ4v) is 3.11. The van der Waals surface area contributed by atoms with Crippen LogP contribution in [0.1, 0.15) is 10.4 Å². The van der Waals surface area contributed by atoms with E-state index in [-0.39, 0.29) is 5.91 Å². The fraction of sp³-hybridized carbons (Fsp3) is 0.0952. The minimum Gasteiger partial charge on any atom is -0.497 e. The van der Waals surface area contributed by atoms with Crippen molar-refractivity contribution in [3.8, 4) is 28.2 Å². The highest BCUT2D eigenvalue weighted by Gasteiger charge is 2.21. The van der Waals surface area contributed by atoms with Crippen LogP contribution in [0.5, 0.6) is 5.75 Å². The number of carbonyl (C=O) groups excluding carboxylic acids is 1. The van der Waals surface area contributed by atoms with Gasteiger partial charge in [-0.25, -0.2) is 9.97 Å². The summed E-state index contributed by atoms with van der Waals surface area (Å²) in [5, 5.41) is 3.26. The minimum atomic E-state index is -0.151. The molecule has 7 nitrogen and oxygen atoms in total. The highest BCUT2D eigenvalue weighted by atomic mass is 16.5. The zero-order valence-corrected chi connectivity index (χ0v) is 15.4. The number of hydrogen-bond acceptors (Lipinski definition) is 6. The number of nitrogens with two attached hydrogens (primary N) is 1. The number of ether oxygens (including phenoxy) is 1. The Morgan fingerprint density at radius 3 is 2.36 bits per heavy atom. The molecule has 2 aromatic heterocycles.